The van der Waals surface area contributed by atoms with Gasteiger partial charge in [0, 0.05) is 20.3 Å². The molecule has 0 aliphatic carbocycles. The van der Waals surface area contributed by atoms with E-state index in [-0.39, 0.29) is 0 Å². The van der Waals surface area contributed by atoms with Gasteiger partial charge in [-0.2, -0.15) is 0 Å². The molecule has 0 atom stereocenters. The predicted octanol–water partition coefficient (Wildman–Crippen LogP) is 2.87. The van der Waals surface area contributed by atoms with E-state index in [9.17, 15) is 0 Å². The van der Waals surface area contributed by atoms with Crippen LogP contribution in [0.1, 0.15) is 13.8 Å². The molecule has 0 unspecified atom stereocenters. The molecule has 0 spiro atoms. The zero-order chi connectivity index (χ0) is 11.5. The molecule has 2 nitrogen and oxygen atoms in total. The highest BCUT2D eigenvalue weighted by atomic mass is 14.8. The van der Waals surface area contributed by atoms with Gasteiger partial charge in [-0.1, -0.05) is 18.2 Å². The van der Waals surface area contributed by atoms with E-state index < -0.39 is 0 Å². The Labute approximate surface area is 92.8 Å². The molecule has 0 fully saturated rings. The van der Waals surface area contributed by atoms with Gasteiger partial charge in [0.1, 0.15) is 0 Å². The summed E-state index contributed by atoms with van der Waals surface area (Å²) in [7, 11) is 3.65. The summed E-state index contributed by atoms with van der Waals surface area (Å²) in [5, 5.41) is 2.95. The highest BCUT2D eigenvalue weighted by Crippen LogP contribution is 1.98. The number of rotatable bonds is 5. The van der Waals surface area contributed by atoms with Gasteiger partial charge in [0.25, 0.3) is 0 Å². The van der Waals surface area contributed by atoms with E-state index in [1.54, 1.807) is 13.3 Å². The van der Waals surface area contributed by atoms with Crippen molar-refractivity contribution in [1.29, 1.82) is 0 Å². The Morgan fingerprint density at radius 3 is 2.33 bits per heavy atom. The quantitative estimate of drug-likeness (QED) is 0.540. The van der Waals surface area contributed by atoms with Crippen LogP contribution in [0.15, 0.2) is 52.7 Å². The Balaban J connectivity index is 4.24. The second-order valence-electron chi connectivity index (χ2n) is 3.21. The van der Waals surface area contributed by atoms with Crippen LogP contribution in [0.25, 0.3) is 0 Å². The van der Waals surface area contributed by atoms with Crippen molar-refractivity contribution in [2.24, 2.45) is 4.99 Å². The lowest BCUT2D eigenvalue weighted by atomic mass is 10.2. The first-order valence-electron chi connectivity index (χ1n) is 4.98. The number of nitrogens with zero attached hydrogens (tertiary/aromatic N) is 1. The summed E-state index contributed by atoms with van der Waals surface area (Å²) in [5.41, 5.74) is 2.39. The van der Waals surface area contributed by atoms with E-state index in [2.05, 4.69) is 29.4 Å². The Kier molecular flexibility index (Phi) is 8.06. The minimum atomic E-state index is 1.18. The lowest BCUT2D eigenvalue weighted by Crippen LogP contribution is -1.90. The lowest BCUT2D eigenvalue weighted by molar-refractivity contribution is 1.10. The molecule has 0 heterocycles. The number of hydrogen-bond donors (Lipinski definition) is 1. The fourth-order valence-corrected chi connectivity index (χ4v) is 0.870. The van der Waals surface area contributed by atoms with E-state index in [1.807, 2.05) is 38.4 Å². The fraction of sp³-hybridized carbons (Fsp3) is 0.308. The van der Waals surface area contributed by atoms with Crippen molar-refractivity contribution in [3.05, 3.63) is 47.7 Å². The van der Waals surface area contributed by atoms with E-state index in [0.29, 0.717) is 0 Å². The molecular weight excluding hydrogens is 184 g/mol. The average molecular weight is 204 g/mol. The summed E-state index contributed by atoms with van der Waals surface area (Å²) in [6, 6.07) is 0. The second-order valence-corrected chi connectivity index (χ2v) is 3.21. The summed E-state index contributed by atoms with van der Waals surface area (Å²) in [6.07, 6.45) is 13.8. The van der Waals surface area contributed by atoms with Gasteiger partial charge in [-0.25, -0.2) is 0 Å². The van der Waals surface area contributed by atoms with Crippen molar-refractivity contribution in [3.8, 4) is 0 Å². The van der Waals surface area contributed by atoms with Gasteiger partial charge in [-0.3, -0.25) is 4.99 Å². The van der Waals surface area contributed by atoms with Crippen molar-refractivity contribution >= 4 is 6.21 Å². The van der Waals surface area contributed by atoms with E-state index in [0.717, 1.165) is 0 Å². The van der Waals surface area contributed by atoms with Crippen LogP contribution in [-0.4, -0.2) is 20.3 Å². The van der Waals surface area contributed by atoms with Crippen LogP contribution < -0.4 is 5.32 Å². The molecule has 0 bridgehead atoms. The van der Waals surface area contributed by atoms with Gasteiger partial charge in [0.2, 0.25) is 0 Å². The molecule has 0 amide bonds. The largest absolute Gasteiger partial charge is 0.394 e. The molecule has 0 aliphatic rings. The van der Waals surface area contributed by atoms with Gasteiger partial charge >= 0.3 is 0 Å². The predicted molar refractivity (Wildman–Crippen MR) is 69.3 cm³/mol. The van der Waals surface area contributed by atoms with Gasteiger partial charge in [0.15, 0.2) is 0 Å². The van der Waals surface area contributed by atoms with Gasteiger partial charge in [-0.05, 0) is 43.3 Å². The lowest BCUT2D eigenvalue weighted by Gasteiger charge is -1.90. The number of hydrogen-bond acceptors (Lipinski definition) is 2. The van der Waals surface area contributed by atoms with Crippen LogP contribution >= 0.6 is 0 Å². The molecule has 0 saturated carbocycles. The van der Waals surface area contributed by atoms with Gasteiger partial charge in [0.05, 0.1) is 0 Å². The third-order valence-corrected chi connectivity index (χ3v) is 1.72. The number of nitrogens with one attached hydrogen (secondary N) is 1. The SMILES string of the molecule is CN=C/C=C(\C)C=CC=C(C)C=CNC. The maximum absolute atomic E-state index is 3.89. The second kappa shape index (κ2) is 9.00. The minimum Gasteiger partial charge on any atom is -0.394 e. The van der Waals surface area contributed by atoms with Crippen molar-refractivity contribution in [2.45, 2.75) is 13.8 Å². The van der Waals surface area contributed by atoms with E-state index in [4.69, 9.17) is 0 Å². The monoisotopic (exact) mass is 204 g/mol. The smallest absolute Gasteiger partial charge is 0.0277 e. The number of aliphatic imine (C=N–C) groups is 1. The fourth-order valence-electron chi connectivity index (χ4n) is 0.870. The summed E-state index contributed by atoms with van der Waals surface area (Å²) >= 11 is 0. The van der Waals surface area contributed by atoms with Crippen LogP contribution in [0.4, 0.5) is 0 Å². The van der Waals surface area contributed by atoms with Crippen molar-refractivity contribution < 1.29 is 0 Å². The molecule has 0 aromatic rings. The summed E-state index contributed by atoms with van der Waals surface area (Å²) in [4.78, 5) is 3.89. The minimum absolute atomic E-state index is 1.18. The summed E-state index contributed by atoms with van der Waals surface area (Å²) < 4.78 is 0. The first-order valence-corrected chi connectivity index (χ1v) is 4.98. The van der Waals surface area contributed by atoms with E-state index >= 15 is 0 Å². The zero-order valence-electron chi connectivity index (χ0n) is 9.99. The Bertz CT molecular complexity index is 304. The Morgan fingerprint density at radius 2 is 1.73 bits per heavy atom. The molecule has 0 radical (unpaired) electrons. The van der Waals surface area contributed by atoms with Crippen LogP contribution in [-0.2, 0) is 0 Å². The Hall–Kier alpha value is -1.57. The molecule has 15 heavy (non-hydrogen) atoms. The standard InChI is InChI=1S/C13H20N2/c1-12(8-10-14-3)6-5-7-13(2)9-11-15-4/h5-11,14H,1-4H3/b7-5?,10-8?,12-6?,13-9+,15-11?. The molecule has 0 saturated heterocycles. The highest BCUT2D eigenvalue weighted by Gasteiger charge is 1.79. The van der Waals surface area contributed by atoms with Crippen LogP contribution in [0.2, 0.25) is 0 Å². The van der Waals surface area contributed by atoms with E-state index in [1.165, 1.54) is 11.1 Å². The topological polar surface area (TPSA) is 24.4 Å². The molecule has 0 rings (SSSR count). The summed E-state index contributed by atoms with van der Waals surface area (Å²) in [5.74, 6) is 0. The molecule has 0 aromatic heterocycles. The van der Waals surface area contributed by atoms with Crippen LogP contribution in [0.3, 0.4) is 0 Å². The van der Waals surface area contributed by atoms with Crippen LogP contribution in [0.5, 0.6) is 0 Å². The first-order chi connectivity index (χ1) is 7.20. The maximum Gasteiger partial charge on any atom is 0.0277 e. The zero-order valence-corrected chi connectivity index (χ0v) is 9.99. The molecule has 1 N–H and O–H groups in total. The average Bonchev–Trinajstić information content (AvgIpc) is 2.23. The van der Waals surface area contributed by atoms with Gasteiger partial charge in [-0.15, -0.1) is 0 Å². The van der Waals surface area contributed by atoms with Crippen molar-refractivity contribution in [1.82, 2.24) is 5.32 Å². The number of allylic oxidation sites excluding steroid dienone is 7. The van der Waals surface area contributed by atoms with Crippen molar-refractivity contribution in [2.75, 3.05) is 14.1 Å². The third kappa shape index (κ3) is 8.75. The molecule has 82 valence electrons. The normalized spacial score (nSPS) is 14.7. The van der Waals surface area contributed by atoms with Crippen LogP contribution in [0, 0.1) is 0 Å². The molecule has 0 aliphatic heterocycles. The highest BCUT2D eigenvalue weighted by molar-refractivity contribution is 5.72. The van der Waals surface area contributed by atoms with Crippen molar-refractivity contribution in [3.63, 3.8) is 0 Å². The molecular formula is C13H20N2. The summed E-state index contributed by atoms with van der Waals surface area (Å²) in [6.45, 7) is 4.11. The first kappa shape index (κ1) is 13.4. The molecule has 0 aromatic carbocycles. The molecule has 2 heteroatoms. The maximum atomic E-state index is 3.89. The Morgan fingerprint density at radius 1 is 1.07 bits per heavy atom. The van der Waals surface area contributed by atoms with Gasteiger partial charge < -0.3 is 5.32 Å². The third-order valence-electron chi connectivity index (χ3n) is 1.72.